The van der Waals surface area contributed by atoms with E-state index in [4.69, 9.17) is 19.7 Å². The number of fused-ring (bicyclic) bond motifs is 1. The van der Waals surface area contributed by atoms with Crippen LogP contribution in [-0.4, -0.2) is 73.0 Å². The Morgan fingerprint density at radius 1 is 1.08 bits per heavy atom. The van der Waals surface area contributed by atoms with E-state index in [0.29, 0.717) is 44.8 Å². The van der Waals surface area contributed by atoms with Crippen LogP contribution < -0.4 is 9.64 Å². The molecular weight excluding hydrogens is 649 g/mol. The number of benzene rings is 2. The second-order valence-electron chi connectivity index (χ2n) is 12.1. The second-order valence-corrected chi connectivity index (χ2v) is 12.1. The molecule has 0 spiro atoms. The Kier molecular flexibility index (Phi) is 8.63. The zero-order valence-corrected chi connectivity index (χ0v) is 26.2. The van der Waals surface area contributed by atoms with Crippen molar-refractivity contribution in [2.24, 2.45) is 0 Å². The van der Waals surface area contributed by atoms with Crippen LogP contribution in [0, 0.1) is 23.0 Å². The fourth-order valence-corrected chi connectivity index (χ4v) is 6.00. The minimum absolute atomic E-state index is 0.00351. The molecule has 2 aliphatic heterocycles. The molecule has 0 bridgehead atoms. The van der Waals surface area contributed by atoms with Gasteiger partial charge >= 0.3 is 6.18 Å². The lowest BCUT2D eigenvalue weighted by atomic mass is 10.1. The number of nitrogens with one attached hydrogen (secondary N) is 1. The van der Waals surface area contributed by atoms with E-state index in [9.17, 15) is 22.0 Å². The van der Waals surface area contributed by atoms with Crippen molar-refractivity contribution in [1.29, 1.82) is 5.26 Å². The summed E-state index contributed by atoms with van der Waals surface area (Å²) in [6.07, 6.45) is -2.14. The molecule has 7 rings (SSSR count). The molecule has 2 atom stereocenters. The highest BCUT2D eigenvalue weighted by molar-refractivity contribution is 5.79. The van der Waals surface area contributed by atoms with Crippen molar-refractivity contribution in [3.05, 3.63) is 83.1 Å². The maximum absolute atomic E-state index is 14.7. The summed E-state index contributed by atoms with van der Waals surface area (Å²) in [5.41, 5.74) is 2.65. The van der Waals surface area contributed by atoms with Gasteiger partial charge in [-0.2, -0.15) is 18.4 Å². The Morgan fingerprint density at radius 3 is 2.61 bits per heavy atom. The Hall–Kier alpha value is -5.14. The molecule has 3 aromatic heterocycles. The number of hydrogen-bond donors (Lipinski definition) is 1. The lowest BCUT2D eigenvalue weighted by Crippen LogP contribution is -2.51. The Bertz CT molecular complexity index is 2040. The average molecular weight is 680 g/mol. The maximum atomic E-state index is 14.7. The zero-order valence-electron chi connectivity index (χ0n) is 26.2. The number of nitriles is 1. The van der Waals surface area contributed by atoms with Crippen LogP contribution in [0.1, 0.15) is 36.1 Å². The highest BCUT2D eigenvalue weighted by Crippen LogP contribution is 2.31. The molecule has 2 fully saturated rings. The number of piperazine rings is 1. The molecule has 2 aromatic carbocycles. The summed E-state index contributed by atoms with van der Waals surface area (Å²) in [6.45, 7) is 5.56. The van der Waals surface area contributed by atoms with Gasteiger partial charge in [-0.1, -0.05) is 6.07 Å². The molecule has 5 aromatic rings. The number of anilines is 1. The number of rotatable bonds is 9. The molecule has 11 nitrogen and oxygen atoms in total. The lowest BCUT2D eigenvalue weighted by Gasteiger charge is -2.41. The molecule has 2 saturated heterocycles. The second kappa shape index (κ2) is 13.1. The standard InChI is InChI=1S/C33H30F5N9O2/c1-19-15-46(22-4-5-24(34)29(11-22)49-18-21-3-2-20(13-39)10-25(21)35)8-7-45(19)17-30-41-26-12-27(31-42-32(44-43-31)33(36,37)38)40-14-28(26)47(30)16-23-6-9-48-23/h2-5,10-12,14,19,23H,6-9,15-18H2,1H3,(H,42,43,44)/t19-,23-/m0/s1. The summed E-state index contributed by atoms with van der Waals surface area (Å²) >= 11 is 0. The van der Waals surface area contributed by atoms with E-state index in [2.05, 4.69) is 41.5 Å². The highest BCUT2D eigenvalue weighted by Gasteiger charge is 2.36. The van der Waals surface area contributed by atoms with Gasteiger partial charge in [0.25, 0.3) is 0 Å². The van der Waals surface area contributed by atoms with Crippen LogP contribution in [0.4, 0.5) is 27.6 Å². The fraction of sp³-hybridized carbons (Fsp3) is 0.364. The number of halogens is 5. The first kappa shape index (κ1) is 32.4. The van der Waals surface area contributed by atoms with Crippen LogP contribution in [0.3, 0.4) is 0 Å². The van der Waals surface area contributed by atoms with Crippen molar-refractivity contribution in [2.45, 2.75) is 51.4 Å². The van der Waals surface area contributed by atoms with Crippen molar-refractivity contribution in [2.75, 3.05) is 31.1 Å². The van der Waals surface area contributed by atoms with E-state index in [0.717, 1.165) is 29.5 Å². The van der Waals surface area contributed by atoms with Crippen LogP contribution in [0.5, 0.6) is 5.75 Å². The quantitative estimate of drug-likeness (QED) is 0.203. The summed E-state index contributed by atoms with van der Waals surface area (Å²) in [7, 11) is 0. The molecule has 0 radical (unpaired) electrons. The largest absolute Gasteiger partial charge is 0.486 e. The summed E-state index contributed by atoms with van der Waals surface area (Å²) in [5.74, 6) is -1.70. The third-order valence-corrected chi connectivity index (χ3v) is 8.85. The van der Waals surface area contributed by atoms with Gasteiger partial charge in [-0.3, -0.25) is 9.88 Å². The van der Waals surface area contributed by atoms with Crippen LogP contribution in [0.2, 0.25) is 0 Å². The van der Waals surface area contributed by atoms with E-state index < -0.39 is 23.6 Å². The van der Waals surface area contributed by atoms with Gasteiger partial charge in [0.15, 0.2) is 17.4 Å². The van der Waals surface area contributed by atoms with Crippen LogP contribution in [0.25, 0.3) is 22.6 Å². The number of ether oxygens (including phenoxy) is 2. The number of aromatic nitrogens is 6. The Balaban J connectivity index is 1.06. The SMILES string of the molecule is C[C@H]1CN(c2ccc(F)c(OCc3ccc(C#N)cc3F)c2)CCN1Cc1nc2cc(-c3nnc(C(F)(F)F)[nH]3)ncc2n1C[C@@H]1CCO1. The lowest BCUT2D eigenvalue weighted by molar-refractivity contribution is -0.144. The number of aromatic amines is 1. The smallest absolute Gasteiger partial charge is 0.451 e. The number of alkyl halides is 3. The monoisotopic (exact) mass is 679 g/mol. The first-order valence-corrected chi connectivity index (χ1v) is 15.6. The topological polar surface area (TPSA) is 121 Å². The number of imidazole rings is 1. The predicted molar refractivity (Wildman–Crippen MR) is 166 cm³/mol. The number of H-pyrrole nitrogens is 1. The normalized spacial score (nSPS) is 18.4. The minimum Gasteiger partial charge on any atom is -0.486 e. The molecule has 16 heteroatoms. The highest BCUT2D eigenvalue weighted by atomic mass is 19.4. The summed E-state index contributed by atoms with van der Waals surface area (Å²) in [5, 5.41) is 15.8. The molecule has 2 aliphatic rings. The van der Waals surface area contributed by atoms with Crippen LogP contribution in [0.15, 0.2) is 48.7 Å². The average Bonchev–Trinajstić information content (AvgIpc) is 3.69. The van der Waals surface area contributed by atoms with Gasteiger partial charge < -0.3 is 23.9 Å². The molecule has 254 valence electrons. The first-order chi connectivity index (χ1) is 23.6. The fourth-order valence-electron chi connectivity index (χ4n) is 6.00. The van der Waals surface area contributed by atoms with Crippen molar-refractivity contribution in [3.63, 3.8) is 0 Å². The molecule has 1 N–H and O–H groups in total. The van der Waals surface area contributed by atoms with Crippen molar-refractivity contribution in [3.8, 4) is 23.3 Å². The van der Waals surface area contributed by atoms with Gasteiger partial charge in [0.05, 0.1) is 48.1 Å². The van der Waals surface area contributed by atoms with Gasteiger partial charge in [0.2, 0.25) is 5.82 Å². The predicted octanol–water partition coefficient (Wildman–Crippen LogP) is 5.46. The van der Waals surface area contributed by atoms with Crippen molar-refractivity contribution < 1.29 is 31.4 Å². The van der Waals surface area contributed by atoms with Gasteiger partial charge in [-0.15, -0.1) is 10.2 Å². The number of hydrogen-bond acceptors (Lipinski definition) is 9. The Morgan fingerprint density at radius 2 is 1.92 bits per heavy atom. The zero-order chi connectivity index (χ0) is 34.3. The van der Waals surface area contributed by atoms with E-state index in [1.54, 1.807) is 24.4 Å². The van der Waals surface area contributed by atoms with Crippen LogP contribution >= 0.6 is 0 Å². The third-order valence-electron chi connectivity index (χ3n) is 8.85. The van der Waals surface area contributed by atoms with Crippen LogP contribution in [-0.2, 0) is 30.6 Å². The summed E-state index contributed by atoms with van der Waals surface area (Å²) in [4.78, 5) is 15.9. The first-order valence-electron chi connectivity index (χ1n) is 15.6. The van der Waals surface area contributed by atoms with E-state index in [1.165, 1.54) is 18.2 Å². The molecule has 0 saturated carbocycles. The third kappa shape index (κ3) is 6.76. The van der Waals surface area contributed by atoms with E-state index in [-0.39, 0.29) is 47.1 Å². The number of nitrogens with zero attached hydrogens (tertiary/aromatic N) is 8. The van der Waals surface area contributed by atoms with Gasteiger partial charge in [0, 0.05) is 49.6 Å². The summed E-state index contributed by atoms with van der Waals surface area (Å²) < 4.78 is 81.7. The van der Waals surface area contributed by atoms with Gasteiger partial charge in [-0.25, -0.2) is 13.8 Å². The van der Waals surface area contributed by atoms with E-state index >= 15 is 0 Å². The molecule has 49 heavy (non-hydrogen) atoms. The summed E-state index contributed by atoms with van der Waals surface area (Å²) in [6, 6.07) is 12.2. The minimum atomic E-state index is -4.66. The van der Waals surface area contributed by atoms with Gasteiger partial charge in [0.1, 0.15) is 23.9 Å². The number of pyridine rings is 1. The maximum Gasteiger partial charge on any atom is 0.451 e. The molecule has 0 unspecified atom stereocenters. The molecular formula is C33H30F5N9O2. The Labute approximate surface area is 276 Å². The van der Waals surface area contributed by atoms with Crippen molar-refractivity contribution >= 4 is 16.7 Å². The van der Waals surface area contributed by atoms with Gasteiger partial charge in [-0.05, 0) is 43.7 Å². The van der Waals surface area contributed by atoms with Crippen molar-refractivity contribution in [1.82, 2.24) is 34.6 Å². The molecule has 5 heterocycles. The molecule has 0 aliphatic carbocycles. The van der Waals surface area contributed by atoms with E-state index in [1.807, 2.05) is 6.07 Å². The molecule has 0 amide bonds.